The Morgan fingerprint density at radius 2 is 2.00 bits per heavy atom. The van der Waals surface area contributed by atoms with E-state index < -0.39 is 12.1 Å². The summed E-state index contributed by atoms with van der Waals surface area (Å²) < 4.78 is 24.5. The van der Waals surface area contributed by atoms with Crippen molar-refractivity contribution >= 4 is 0 Å². The molecule has 3 fully saturated rings. The molecule has 1 unspecified atom stereocenters. The van der Waals surface area contributed by atoms with Crippen LogP contribution in [0.25, 0.3) is 0 Å². The molecule has 2 N–H and O–H groups in total. The van der Waals surface area contributed by atoms with Gasteiger partial charge in [0.2, 0.25) is 0 Å². The Labute approximate surface area is 154 Å². The van der Waals surface area contributed by atoms with Crippen molar-refractivity contribution < 1.29 is 24.1 Å². The summed E-state index contributed by atoms with van der Waals surface area (Å²) in [5.74, 6) is -0.676. The number of aliphatic hydroxyl groups is 1. The third kappa shape index (κ3) is 4.11. The van der Waals surface area contributed by atoms with Crippen LogP contribution in [0.5, 0.6) is 0 Å². The molecule has 144 valence electrons. The summed E-state index contributed by atoms with van der Waals surface area (Å²) >= 11 is 0. The molecular formula is C20H29NO5. The van der Waals surface area contributed by atoms with E-state index in [0.29, 0.717) is 19.1 Å². The summed E-state index contributed by atoms with van der Waals surface area (Å²) in [5, 5.41) is 13.1. The van der Waals surface area contributed by atoms with Gasteiger partial charge < -0.3 is 29.4 Å². The highest BCUT2D eigenvalue weighted by molar-refractivity contribution is 5.13. The molecule has 2 aliphatic heterocycles. The molecule has 4 rings (SSSR count). The van der Waals surface area contributed by atoms with Gasteiger partial charge in [0.25, 0.3) is 0 Å². The zero-order valence-corrected chi connectivity index (χ0v) is 15.5. The van der Waals surface area contributed by atoms with Crippen LogP contribution in [0.3, 0.4) is 0 Å². The van der Waals surface area contributed by atoms with Crippen molar-refractivity contribution in [2.45, 2.75) is 82.2 Å². The maximum Gasteiger partial charge on any atom is 0.190 e. The fraction of sp³-hybridized carbons (Fsp3) is 0.700. The fourth-order valence-electron chi connectivity index (χ4n) is 3.82. The fourth-order valence-corrected chi connectivity index (χ4v) is 3.82. The highest BCUT2D eigenvalue weighted by atomic mass is 16.8. The van der Waals surface area contributed by atoms with E-state index in [1.54, 1.807) is 0 Å². The van der Waals surface area contributed by atoms with Crippen molar-refractivity contribution in [1.29, 1.82) is 0 Å². The van der Waals surface area contributed by atoms with Crippen LogP contribution in [-0.2, 0) is 25.6 Å². The molecule has 6 nitrogen and oxygen atoms in total. The Hall–Kier alpha value is -1.02. The largest absolute Gasteiger partial charge is 0.396 e. The van der Waals surface area contributed by atoms with E-state index in [9.17, 15) is 5.11 Å². The first-order chi connectivity index (χ1) is 12.6. The van der Waals surface area contributed by atoms with Crippen molar-refractivity contribution in [1.82, 2.24) is 5.32 Å². The van der Waals surface area contributed by atoms with Gasteiger partial charge in [0.15, 0.2) is 12.1 Å². The summed E-state index contributed by atoms with van der Waals surface area (Å²) in [7, 11) is 0. The van der Waals surface area contributed by atoms with Crippen LogP contribution in [0.2, 0.25) is 0 Å². The second-order valence-electron chi connectivity index (χ2n) is 7.89. The van der Waals surface area contributed by atoms with Crippen molar-refractivity contribution in [3.63, 3.8) is 0 Å². The van der Waals surface area contributed by atoms with E-state index in [1.807, 2.05) is 44.2 Å². The molecule has 5 atom stereocenters. The number of nitrogens with one attached hydrogen (secondary N) is 1. The van der Waals surface area contributed by atoms with E-state index in [1.165, 1.54) is 12.8 Å². The smallest absolute Gasteiger partial charge is 0.190 e. The predicted molar refractivity (Wildman–Crippen MR) is 95.4 cm³/mol. The second-order valence-corrected chi connectivity index (χ2v) is 7.89. The number of aliphatic hydroxyl groups excluding tert-OH is 1. The molecule has 0 bridgehead atoms. The van der Waals surface area contributed by atoms with E-state index in [4.69, 9.17) is 18.9 Å². The molecule has 1 aliphatic carbocycles. The van der Waals surface area contributed by atoms with E-state index in [2.05, 4.69) is 5.32 Å². The van der Waals surface area contributed by atoms with Gasteiger partial charge >= 0.3 is 0 Å². The Kier molecular flexibility index (Phi) is 5.32. The first kappa shape index (κ1) is 18.3. The maximum absolute atomic E-state index is 9.51. The molecule has 1 aromatic rings. The highest BCUT2D eigenvalue weighted by Gasteiger charge is 2.57. The van der Waals surface area contributed by atoms with Crippen LogP contribution in [0.1, 0.15) is 38.7 Å². The van der Waals surface area contributed by atoms with Gasteiger partial charge in [0, 0.05) is 18.7 Å². The molecule has 3 aliphatic rings. The molecule has 0 amide bonds. The lowest BCUT2D eigenvalue weighted by atomic mass is 10.0. The average molecular weight is 363 g/mol. The summed E-state index contributed by atoms with van der Waals surface area (Å²) in [6.07, 6.45) is 1.82. The number of rotatable bonds is 8. The number of ether oxygens (including phenoxy) is 4. The Morgan fingerprint density at radius 3 is 2.69 bits per heavy atom. The van der Waals surface area contributed by atoms with Gasteiger partial charge in [-0.3, -0.25) is 0 Å². The molecule has 0 spiro atoms. The zero-order valence-electron chi connectivity index (χ0n) is 15.5. The molecule has 26 heavy (non-hydrogen) atoms. The molecule has 0 aromatic heterocycles. The molecular weight excluding hydrogens is 334 g/mol. The zero-order chi connectivity index (χ0) is 18.1. The second kappa shape index (κ2) is 7.54. The van der Waals surface area contributed by atoms with Crippen LogP contribution in [-0.4, -0.2) is 54.2 Å². The van der Waals surface area contributed by atoms with Crippen molar-refractivity contribution in [3.8, 4) is 0 Å². The third-order valence-electron chi connectivity index (χ3n) is 5.18. The number of hydrogen-bond donors (Lipinski definition) is 2. The summed E-state index contributed by atoms with van der Waals surface area (Å²) in [5.41, 5.74) is 1.11. The lowest BCUT2D eigenvalue weighted by molar-refractivity contribution is -0.223. The predicted octanol–water partition coefficient (Wildman–Crippen LogP) is 1.95. The molecule has 2 heterocycles. The van der Waals surface area contributed by atoms with Crippen molar-refractivity contribution in [3.05, 3.63) is 35.9 Å². The normalized spacial score (nSPS) is 34.0. The molecule has 2 saturated heterocycles. The lowest BCUT2D eigenvalue weighted by Gasteiger charge is -2.31. The highest BCUT2D eigenvalue weighted by Crippen LogP contribution is 2.40. The monoisotopic (exact) mass is 363 g/mol. The number of hydrogen-bond acceptors (Lipinski definition) is 6. The van der Waals surface area contributed by atoms with Gasteiger partial charge in [-0.25, -0.2) is 0 Å². The summed E-state index contributed by atoms with van der Waals surface area (Å²) in [6.45, 7) is 4.39. The van der Waals surface area contributed by atoms with Gasteiger partial charge in [-0.2, -0.15) is 0 Å². The van der Waals surface area contributed by atoms with Gasteiger partial charge in [0.05, 0.1) is 6.61 Å². The quantitative estimate of drug-likeness (QED) is 0.736. The van der Waals surface area contributed by atoms with Crippen LogP contribution >= 0.6 is 0 Å². The maximum atomic E-state index is 9.51. The van der Waals surface area contributed by atoms with E-state index in [0.717, 1.165) is 5.56 Å². The third-order valence-corrected chi connectivity index (χ3v) is 5.18. The minimum absolute atomic E-state index is 0.0224. The number of fused-ring (bicyclic) bond motifs is 1. The Balaban J connectivity index is 1.49. The lowest BCUT2D eigenvalue weighted by Crippen LogP contribution is -2.49. The van der Waals surface area contributed by atoms with Crippen LogP contribution in [0.4, 0.5) is 0 Å². The van der Waals surface area contributed by atoms with Crippen LogP contribution < -0.4 is 5.32 Å². The minimum Gasteiger partial charge on any atom is -0.396 e. The molecule has 1 saturated carbocycles. The van der Waals surface area contributed by atoms with Gasteiger partial charge in [-0.05, 0) is 38.7 Å². The standard InChI is InChI=1S/C20H29NO5/c1-20(2)25-18-17(23-12-13-6-4-3-5-7-13)16(24-19(18)26-20)15(10-11-22)21-14-8-9-14/h3-7,14-19,21-22H,8-12H2,1-2H3/t15?,16-,17+,18-,19-/m1/s1. The van der Waals surface area contributed by atoms with E-state index >= 15 is 0 Å². The van der Waals surface area contributed by atoms with Gasteiger partial charge in [-0.15, -0.1) is 0 Å². The average Bonchev–Trinajstić information content (AvgIpc) is 3.30. The minimum atomic E-state index is -0.676. The topological polar surface area (TPSA) is 69.2 Å². The SMILES string of the molecule is CC1(C)O[C@H]2O[C@H](C(CCO)NC3CC3)[C@H](OCc3ccccc3)[C@H]2O1. The molecule has 1 aromatic carbocycles. The van der Waals surface area contributed by atoms with Gasteiger partial charge in [0.1, 0.15) is 18.3 Å². The van der Waals surface area contributed by atoms with E-state index in [-0.39, 0.29) is 31.0 Å². The van der Waals surface area contributed by atoms with Crippen molar-refractivity contribution in [2.75, 3.05) is 6.61 Å². The first-order valence-corrected chi connectivity index (χ1v) is 9.59. The van der Waals surface area contributed by atoms with Crippen LogP contribution in [0.15, 0.2) is 30.3 Å². The Bertz CT molecular complexity index is 591. The molecule has 0 radical (unpaired) electrons. The first-order valence-electron chi connectivity index (χ1n) is 9.59. The Morgan fingerprint density at radius 1 is 1.23 bits per heavy atom. The number of benzene rings is 1. The van der Waals surface area contributed by atoms with Crippen LogP contribution in [0, 0.1) is 0 Å². The summed E-state index contributed by atoms with van der Waals surface area (Å²) in [4.78, 5) is 0. The molecule has 6 heteroatoms. The summed E-state index contributed by atoms with van der Waals surface area (Å²) in [6, 6.07) is 10.6. The van der Waals surface area contributed by atoms with Crippen molar-refractivity contribution in [2.24, 2.45) is 0 Å². The van der Waals surface area contributed by atoms with Gasteiger partial charge in [-0.1, -0.05) is 30.3 Å².